The molecule has 2 aromatic rings. The number of ether oxygens (including phenoxy) is 2. The molecule has 0 aromatic heterocycles. The van der Waals surface area contributed by atoms with E-state index in [1.165, 1.54) is 6.08 Å². The third-order valence-corrected chi connectivity index (χ3v) is 5.29. The van der Waals surface area contributed by atoms with Crippen molar-refractivity contribution in [2.24, 2.45) is 11.5 Å². The van der Waals surface area contributed by atoms with Crippen LogP contribution in [0.3, 0.4) is 0 Å². The summed E-state index contributed by atoms with van der Waals surface area (Å²) >= 11 is 0. The van der Waals surface area contributed by atoms with E-state index in [0.29, 0.717) is 19.3 Å². The topological polar surface area (TPSA) is 117 Å². The zero-order valence-corrected chi connectivity index (χ0v) is 17.5. The van der Waals surface area contributed by atoms with Crippen LogP contribution >= 0.6 is 0 Å². The van der Waals surface area contributed by atoms with Gasteiger partial charge in [-0.3, -0.25) is 0 Å². The maximum atomic E-state index is 12.5. The number of hydrogen-bond acceptors (Lipinski definition) is 6. The van der Waals surface area contributed by atoms with Crippen molar-refractivity contribution in [1.82, 2.24) is 5.32 Å². The molecule has 0 fully saturated rings. The van der Waals surface area contributed by atoms with Crippen molar-refractivity contribution in [3.05, 3.63) is 72.3 Å². The number of rotatable bonds is 10. The Kier molecular flexibility index (Phi) is 7.81. The number of alkyl carbamates (subject to hydrolysis) is 1. The number of fused-ring (bicyclic) bond motifs is 3. The second kappa shape index (κ2) is 10.7. The molecule has 31 heavy (non-hydrogen) atoms. The second-order valence-electron chi connectivity index (χ2n) is 7.54. The summed E-state index contributed by atoms with van der Waals surface area (Å²) in [6.45, 7) is 3.76. The van der Waals surface area contributed by atoms with Crippen molar-refractivity contribution >= 4 is 12.1 Å². The first kappa shape index (κ1) is 22.5. The first-order chi connectivity index (χ1) is 15.0. The SMILES string of the molecule is C=CCOC(=O)C(CCCC(N)N)NC(=O)OCC1c2ccccc2-c2ccccc21. The Morgan fingerprint density at radius 1 is 1.00 bits per heavy atom. The normalized spacial score (nSPS) is 13.3. The van der Waals surface area contributed by atoms with Gasteiger partial charge in [-0.1, -0.05) is 61.2 Å². The van der Waals surface area contributed by atoms with Crippen LogP contribution in [0, 0.1) is 0 Å². The molecule has 1 atom stereocenters. The molecule has 1 amide bonds. The number of esters is 1. The lowest BCUT2D eigenvalue weighted by Crippen LogP contribution is -2.43. The first-order valence-electron chi connectivity index (χ1n) is 10.4. The number of carbonyl (C=O) groups excluding carboxylic acids is 2. The van der Waals surface area contributed by atoms with Gasteiger partial charge in [0.2, 0.25) is 0 Å². The van der Waals surface area contributed by atoms with Gasteiger partial charge in [0.25, 0.3) is 0 Å². The summed E-state index contributed by atoms with van der Waals surface area (Å²) in [6, 6.07) is 15.4. The molecule has 164 valence electrons. The Morgan fingerprint density at radius 2 is 1.61 bits per heavy atom. The quantitative estimate of drug-likeness (QED) is 0.307. The minimum Gasteiger partial charge on any atom is -0.460 e. The summed E-state index contributed by atoms with van der Waals surface area (Å²) in [5.74, 6) is -0.599. The fraction of sp³-hybridized carbons (Fsp3) is 0.333. The van der Waals surface area contributed by atoms with Crippen LogP contribution in [0.5, 0.6) is 0 Å². The van der Waals surface area contributed by atoms with Crippen molar-refractivity contribution in [3.8, 4) is 11.1 Å². The molecule has 2 aromatic carbocycles. The molecule has 0 saturated carbocycles. The highest BCUT2D eigenvalue weighted by molar-refractivity contribution is 5.82. The zero-order valence-electron chi connectivity index (χ0n) is 17.5. The molecule has 0 aliphatic heterocycles. The van der Waals surface area contributed by atoms with Crippen LogP contribution in [0.1, 0.15) is 36.3 Å². The summed E-state index contributed by atoms with van der Waals surface area (Å²) in [6.07, 6.45) is 1.77. The molecule has 0 saturated heterocycles. The van der Waals surface area contributed by atoms with Gasteiger partial charge in [-0.15, -0.1) is 0 Å². The molecule has 1 aliphatic rings. The minimum absolute atomic E-state index is 0.0560. The molecule has 7 nitrogen and oxygen atoms in total. The zero-order chi connectivity index (χ0) is 22.2. The predicted octanol–water partition coefficient (Wildman–Crippen LogP) is 3.04. The van der Waals surface area contributed by atoms with Crippen molar-refractivity contribution < 1.29 is 19.1 Å². The Balaban J connectivity index is 1.63. The molecule has 7 heteroatoms. The summed E-state index contributed by atoms with van der Waals surface area (Å²) in [5.41, 5.74) is 15.7. The van der Waals surface area contributed by atoms with Gasteiger partial charge in [-0.05, 0) is 41.5 Å². The van der Waals surface area contributed by atoms with E-state index < -0.39 is 24.3 Å². The minimum atomic E-state index is -0.839. The van der Waals surface area contributed by atoms with Crippen molar-refractivity contribution in [2.45, 2.75) is 37.4 Å². The Labute approximate surface area is 182 Å². The number of benzene rings is 2. The van der Waals surface area contributed by atoms with E-state index in [1.807, 2.05) is 36.4 Å². The Bertz CT molecular complexity index is 883. The Hall–Kier alpha value is -3.16. The molecule has 1 aliphatic carbocycles. The summed E-state index contributed by atoms with van der Waals surface area (Å²) in [4.78, 5) is 24.8. The fourth-order valence-corrected chi connectivity index (χ4v) is 3.83. The van der Waals surface area contributed by atoms with Crippen LogP contribution in [0.15, 0.2) is 61.2 Å². The van der Waals surface area contributed by atoms with Gasteiger partial charge in [-0.25, -0.2) is 9.59 Å². The molecular formula is C24H29N3O4. The highest BCUT2D eigenvalue weighted by atomic mass is 16.6. The van der Waals surface area contributed by atoms with E-state index in [1.54, 1.807) is 0 Å². The average Bonchev–Trinajstić information content (AvgIpc) is 3.09. The van der Waals surface area contributed by atoms with E-state index in [2.05, 4.69) is 24.0 Å². The number of nitrogens with one attached hydrogen (secondary N) is 1. The van der Waals surface area contributed by atoms with E-state index in [-0.39, 0.29) is 19.1 Å². The summed E-state index contributed by atoms with van der Waals surface area (Å²) in [7, 11) is 0. The van der Waals surface area contributed by atoms with E-state index >= 15 is 0 Å². The van der Waals surface area contributed by atoms with Crippen molar-refractivity contribution in [2.75, 3.05) is 13.2 Å². The van der Waals surface area contributed by atoms with Gasteiger partial charge in [0.15, 0.2) is 0 Å². The highest BCUT2D eigenvalue weighted by Gasteiger charge is 2.30. The van der Waals surface area contributed by atoms with Gasteiger partial charge in [0.05, 0.1) is 6.17 Å². The van der Waals surface area contributed by atoms with Crippen LogP contribution in [0.4, 0.5) is 4.79 Å². The molecule has 0 radical (unpaired) electrons. The third-order valence-electron chi connectivity index (χ3n) is 5.29. The highest BCUT2D eigenvalue weighted by Crippen LogP contribution is 2.44. The number of amides is 1. The first-order valence-corrected chi connectivity index (χ1v) is 10.4. The number of carbonyl (C=O) groups is 2. The largest absolute Gasteiger partial charge is 0.460 e. The van der Waals surface area contributed by atoms with Crippen LogP contribution < -0.4 is 16.8 Å². The lowest BCUT2D eigenvalue weighted by Gasteiger charge is -2.19. The monoisotopic (exact) mass is 423 g/mol. The van der Waals surface area contributed by atoms with E-state index in [9.17, 15) is 9.59 Å². The van der Waals surface area contributed by atoms with Crippen LogP contribution in [-0.4, -0.2) is 37.5 Å². The smallest absolute Gasteiger partial charge is 0.407 e. The molecule has 0 bridgehead atoms. The van der Waals surface area contributed by atoms with Crippen LogP contribution in [-0.2, 0) is 14.3 Å². The van der Waals surface area contributed by atoms with Gasteiger partial charge in [-0.2, -0.15) is 0 Å². The second-order valence-corrected chi connectivity index (χ2v) is 7.54. The summed E-state index contributed by atoms with van der Waals surface area (Å²) in [5, 5.41) is 2.62. The number of nitrogens with two attached hydrogens (primary N) is 2. The molecular weight excluding hydrogens is 394 g/mol. The van der Waals surface area contributed by atoms with Crippen LogP contribution in [0.25, 0.3) is 11.1 Å². The summed E-state index contributed by atoms with van der Waals surface area (Å²) < 4.78 is 10.6. The van der Waals surface area contributed by atoms with E-state index in [4.69, 9.17) is 20.9 Å². The molecule has 5 N–H and O–H groups in total. The van der Waals surface area contributed by atoms with Crippen LogP contribution in [0.2, 0.25) is 0 Å². The van der Waals surface area contributed by atoms with Crippen molar-refractivity contribution in [3.63, 3.8) is 0 Å². The molecule has 1 unspecified atom stereocenters. The van der Waals surface area contributed by atoms with Gasteiger partial charge < -0.3 is 26.3 Å². The van der Waals surface area contributed by atoms with Gasteiger partial charge >= 0.3 is 12.1 Å². The molecule has 0 heterocycles. The maximum Gasteiger partial charge on any atom is 0.407 e. The number of hydrogen-bond donors (Lipinski definition) is 3. The third kappa shape index (κ3) is 5.71. The lowest BCUT2D eigenvalue weighted by molar-refractivity contribution is -0.145. The molecule has 3 rings (SSSR count). The lowest BCUT2D eigenvalue weighted by atomic mass is 9.98. The van der Waals surface area contributed by atoms with Crippen molar-refractivity contribution in [1.29, 1.82) is 0 Å². The average molecular weight is 424 g/mol. The maximum absolute atomic E-state index is 12.5. The van der Waals surface area contributed by atoms with Gasteiger partial charge in [0, 0.05) is 5.92 Å². The van der Waals surface area contributed by atoms with E-state index in [0.717, 1.165) is 22.3 Å². The fourth-order valence-electron chi connectivity index (χ4n) is 3.83. The predicted molar refractivity (Wildman–Crippen MR) is 119 cm³/mol. The van der Waals surface area contributed by atoms with Gasteiger partial charge in [0.1, 0.15) is 19.3 Å². The molecule has 0 spiro atoms. The standard InChI is InChI=1S/C24H29N3O4/c1-2-14-30-23(28)21(12-7-13-22(25)26)27-24(29)31-15-20-18-10-5-3-8-16(18)17-9-4-6-11-19(17)20/h2-6,8-11,20-22H,1,7,12-15,25-26H2,(H,27,29). The Morgan fingerprint density at radius 3 is 2.19 bits per heavy atom.